The fourth-order valence-electron chi connectivity index (χ4n) is 5.03. The molecule has 3 aromatic carbocycles. The largest absolute Gasteiger partial charge is 0.634 e. The van der Waals surface area contributed by atoms with Gasteiger partial charge in [0.15, 0.2) is 28.9 Å². The molecule has 1 aliphatic heterocycles. The quantitative estimate of drug-likeness (QED) is 0.0850. The highest BCUT2D eigenvalue weighted by molar-refractivity contribution is 5.97. The first-order chi connectivity index (χ1) is 22.3. The number of anilines is 1. The summed E-state index contributed by atoms with van der Waals surface area (Å²) in [6.07, 6.45) is 1.32. The lowest BCUT2D eigenvalue weighted by molar-refractivity contribution is -0.371. The van der Waals surface area contributed by atoms with Crippen molar-refractivity contribution in [2.75, 3.05) is 25.6 Å². The van der Waals surface area contributed by atoms with Gasteiger partial charge in [-0.2, -0.15) is 4.68 Å². The molecule has 6 rings (SSSR count). The van der Waals surface area contributed by atoms with Crippen LogP contribution in [0.2, 0.25) is 0 Å². The molecule has 5 N–H and O–H groups in total. The molecule has 0 fully saturated rings. The highest BCUT2D eigenvalue weighted by atomic mass is 127. The first kappa shape index (κ1) is 30.6. The maximum absolute atomic E-state index is 16.2. The number of carboxylic acids is 1. The van der Waals surface area contributed by atoms with E-state index in [-0.39, 0.29) is 59.9 Å². The summed E-state index contributed by atoms with van der Waals surface area (Å²) in [6.45, 7) is 0.516. The van der Waals surface area contributed by atoms with Crippen LogP contribution in [-0.2, 0) is 6.54 Å². The molecule has 0 spiro atoms. The molecular formula is C30H26FIN8O6-. The van der Waals surface area contributed by atoms with Crippen LogP contribution in [0.3, 0.4) is 0 Å². The van der Waals surface area contributed by atoms with Crippen LogP contribution in [-0.4, -0.2) is 61.6 Å². The number of fused-ring (bicyclic) bond motifs is 1. The van der Waals surface area contributed by atoms with E-state index in [4.69, 9.17) is 19.9 Å². The highest BCUT2D eigenvalue weighted by Gasteiger charge is 2.32. The lowest BCUT2D eigenvalue weighted by atomic mass is 10.0. The number of halogens is 2. The van der Waals surface area contributed by atoms with Gasteiger partial charge in [-0.3, -0.25) is 4.98 Å². The van der Waals surface area contributed by atoms with Crippen molar-refractivity contribution in [3.8, 4) is 23.1 Å². The van der Waals surface area contributed by atoms with E-state index >= 15 is 4.39 Å². The minimum absolute atomic E-state index is 0.00693. The number of carboxylic acid groups (broad SMARTS) is 1. The van der Waals surface area contributed by atoms with Gasteiger partial charge in [-0.25, -0.2) is 19.0 Å². The van der Waals surface area contributed by atoms with Gasteiger partial charge in [0.2, 0.25) is 11.5 Å². The van der Waals surface area contributed by atoms with Crippen molar-refractivity contribution < 1.29 is 51.4 Å². The third-order valence-electron chi connectivity index (χ3n) is 7.19. The summed E-state index contributed by atoms with van der Waals surface area (Å²) in [6, 6.07) is 16.3. The summed E-state index contributed by atoms with van der Waals surface area (Å²) in [7, 11) is 1.41. The second-order valence-corrected chi connectivity index (χ2v) is 10.5. The minimum atomic E-state index is -1.31. The molecule has 1 radical (unpaired) electrons. The van der Waals surface area contributed by atoms with Crippen molar-refractivity contribution in [3.05, 3.63) is 112 Å². The number of ether oxygens (including phenoxy) is 3. The van der Waals surface area contributed by atoms with E-state index in [2.05, 4.69) is 23.6 Å². The van der Waals surface area contributed by atoms with Crippen molar-refractivity contribution >= 4 is 17.5 Å². The van der Waals surface area contributed by atoms with Crippen LogP contribution in [0.25, 0.3) is 5.82 Å². The van der Waals surface area contributed by atoms with Crippen LogP contribution in [0.4, 0.5) is 10.1 Å². The molecule has 16 heteroatoms. The summed E-state index contributed by atoms with van der Waals surface area (Å²) in [5.74, 6) is -1.86. The topological polar surface area (TPSA) is 184 Å². The predicted octanol–water partition coefficient (Wildman–Crippen LogP) is -0.202. The van der Waals surface area contributed by atoms with Gasteiger partial charge in [0.25, 0.3) is 0 Å². The second kappa shape index (κ2) is 12.9. The Hall–Kier alpha value is -5.39. The van der Waals surface area contributed by atoms with E-state index in [0.29, 0.717) is 17.1 Å². The molecule has 1 aliphatic rings. The van der Waals surface area contributed by atoms with E-state index in [0.717, 1.165) is 10.2 Å². The Kier molecular flexibility index (Phi) is 8.60. The van der Waals surface area contributed by atoms with Crippen molar-refractivity contribution in [2.45, 2.75) is 12.6 Å². The third-order valence-corrected chi connectivity index (χ3v) is 7.70. The summed E-state index contributed by atoms with van der Waals surface area (Å²) >= 11 is 1.80. The van der Waals surface area contributed by atoms with Gasteiger partial charge < -0.3 is 61.0 Å². The molecule has 1 atom stereocenters. The summed E-state index contributed by atoms with van der Waals surface area (Å²) in [5, 5.41) is 17.7. The number of aromatic carboxylic acids is 1. The molecule has 2 aromatic heterocycles. The van der Waals surface area contributed by atoms with E-state index < -0.39 is 23.5 Å². The fraction of sp³-hybridized carbons (Fsp3) is 0.167. The number of nitrogens with two attached hydrogens (primary N) is 1. The number of hydrogen-bond donors (Lipinski definition) is 4. The van der Waals surface area contributed by atoms with Gasteiger partial charge in [-0.15, -0.1) is 5.10 Å². The predicted molar refractivity (Wildman–Crippen MR) is 159 cm³/mol. The van der Waals surface area contributed by atoms with Gasteiger partial charge in [-0.05, 0) is 35.9 Å². The van der Waals surface area contributed by atoms with Crippen LogP contribution < -0.4 is 53.8 Å². The molecule has 0 amide bonds. The van der Waals surface area contributed by atoms with Gasteiger partial charge >= 0.3 is 11.7 Å². The number of nitrogens with one attached hydrogen (secondary N) is 2. The molecule has 3 heterocycles. The van der Waals surface area contributed by atoms with Crippen LogP contribution in [0.15, 0.2) is 75.0 Å². The lowest BCUT2D eigenvalue weighted by Gasteiger charge is -2.25. The zero-order valence-corrected chi connectivity index (χ0v) is 26.3. The number of imidazole rings is 1. The molecule has 237 valence electrons. The maximum atomic E-state index is 16.2. The Morgan fingerprint density at radius 2 is 1.91 bits per heavy atom. The van der Waals surface area contributed by atoms with Crippen molar-refractivity contribution in [1.29, 1.82) is 0 Å². The van der Waals surface area contributed by atoms with Gasteiger partial charge in [0, 0.05) is 23.4 Å². The number of carbonyl (C=O) groups is 1. The monoisotopic (exact) mass is 740 g/mol. The molecule has 0 saturated heterocycles. The molecule has 0 aliphatic carbocycles. The summed E-state index contributed by atoms with van der Waals surface area (Å²) in [5.41, 5.74) is 6.89. The van der Waals surface area contributed by atoms with Crippen molar-refractivity contribution in [1.82, 2.24) is 24.3 Å². The SMILES string of the molecule is COc1cc(C(Nc2ccc(C(N)=N[I-])cc2)c2nn(-c3ncn(Cc4ccccc4)c3C(=O)O)c(=O)[nH]2)c(F)c2c1OCCO2. The molecule has 1 unspecified atom stereocenters. The molecule has 0 bridgehead atoms. The van der Waals surface area contributed by atoms with Crippen LogP contribution >= 0.6 is 0 Å². The van der Waals surface area contributed by atoms with Gasteiger partial charge in [0.1, 0.15) is 19.3 Å². The Balaban J connectivity index is 1.46. The maximum Gasteiger partial charge on any atom is 0.356 e. The Labute approximate surface area is 274 Å². The highest BCUT2D eigenvalue weighted by Crippen LogP contribution is 2.45. The molecule has 46 heavy (non-hydrogen) atoms. The smallest absolute Gasteiger partial charge is 0.356 e. The van der Waals surface area contributed by atoms with E-state index in [1.54, 1.807) is 47.1 Å². The lowest BCUT2D eigenvalue weighted by Crippen LogP contribution is -3.30. The minimum Gasteiger partial charge on any atom is -0.634 e. The first-order valence-electron chi connectivity index (χ1n) is 13.8. The van der Waals surface area contributed by atoms with Gasteiger partial charge in [-0.1, -0.05) is 30.3 Å². The second-order valence-electron chi connectivity index (χ2n) is 10.0. The number of H-pyrrole nitrogens is 1. The molecule has 5 aromatic rings. The fourth-order valence-corrected chi connectivity index (χ4v) is 5.31. The number of aromatic amines is 1. The van der Waals surface area contributed by atoms with E-state index in [1.807, 2.05) is 30.3 Å². The number of methoxy groups -OCH3 is 1. The molecular weight excluding hydrogens is 714 g/mol. The Morgan fingerprint density at radius 1 is 1.20 bits per heavy atom. The average molecular weight is 740 g/mol. The van der Waals surface area contributed by atoms with Crippen molar-refractivity contribution in [2.24, 2.45) is 8.94 Å². The average Bonchev–Trinajstić information content (AvgIpc) is 3.67. The van der Waals surface area contributed by atoms with Crippen LogP contribution in [0.1, 0.15) is 39.0 Å². The standard InChI is InChI=1S/C30H26FIN8O6/c1-44-20-13-19(21(31)25-24(20)45-11-12-46-25)22(35-18-9-7-17(8-10-18)26(33)37-32)27-36-30(43)40(38-27)28-23(29(41)42)39(15-34-28)14-16-5-3-2-4-6-16/h2-10,13,15,22,35H,11-12,14H2,1H3,(H2,33,37)(H,41,42)(H,36,38,43)/q-1. The Bertz CT molecular complexity index is 1990. The first-order valence-corrected chi connectivity index (χ1v) is 14.7. The third kappa shape index (κ3) is 5.85. The number of amidine groups is 1. The number of rotatable bonds is 10. The number of hydrogen-bond acceptors (Lipinski definition) is 9. The zero-order chi connectivity index (χ0) is 32.4. The van der Waals surface area contributed by atoms with Crippen molar-refractivity contribution in [3.63, 3.8) is 0 Å². The Morgan fingerprint density at radius 3 is 2.59 bits per heavy atom. The molecule has 0 saturated carbocycles. The zero-order valence-electron chi connectivity index (χ0n) is 24.1. The van der Waals surface area contributed by atoms with Crippen LogP contribution in [0.5, 0.6) is 17.2 Å². The summed E-state index contributed by atoms with van der Waals surface area (Å²) in [4.78, 5) is 32.6. The number of nitrogens with zero attached hydrogens (tertiary/aromatic N) is 5. The number of benzene rings is 3. The van der Waals surface area contributed by atoms with E-state index in [1.165, 1.54) is 24.1 Å². The summed E-state index contributed by atoms with van der Waals surface area (Å²) < 4.78 is 39.1. The van der Waals surface area contributed by atoms with E-state index in [9.17, 15) is 14.7 Å². The normalized spacial score (nSPS) is 13.3. The van der Waals surface area contributed by atoms with Crippen LogP contribution in [0, 0.1) is 5.82 Å². The molecule has 14 nitrogen and oxygen atoms in total. The number of aromatic nitrogens is 5. The van der Waals surface area contributed by atoms with Gasteiger partial charge in [0.05, 0.1) is 19.3 Å².